The number of benzene rings is 18. The zero-order chi connectivity index (χ0) is 78.8. The molecule has 0 spiro atoms. The van der Waals surface area contributed by atoms with Crippen LogP contribution in [-0.4, -0.2) is 27.5 Å². The van der Waals surface area contributed by atoms with E-state index in [0.717, 1.165) is 9.94 Å². The Morgan fingerprint density at radius 1 is 0.248 bits per heavy atom. The number of halogens is 1. The van der Waals surface area contributed by atoms with Crippen LogP contribution in [-0.2, 0) is 20.1 Å². The highest BCUT2D eigenvalue weighted by Gasteiger charge is 2.52. The minimum atomic E-state index is -0.355. The number of nitrogens with zero attached hydrogens (tertiary/aromatic N) is 2. The molecule has 0 bridgehead atoms. The third kappa shape index (κ3) is 11.8. The highest BCUT2D eigenvalue weighted by molar-refractivity contribution is 9.10. The first-order chi connectivity index (χ1) is 56.2. The molecule has 0 amide bonds. The number of hydrogen-bond donors (Lipinski definition) is 0. The van der Waals surface area contributed by atoms with Crippen LogP contribution in [0.25, 0.3) is 175 Å². The molecule has 23 rings (SSSR count). The average Bonchev–Trinajstić information content (AvgIpc) is 1.58. The van der Waals surface area contributed by atoms with E-state index < -0.39 is 0 Å². The first-order valence-electron chi connectivity index (χ1n) is 40.7. The molecular formula is C111H90BBrN2O2. The molecule has 2 aliphatic carbocycles. The summed E-state index contributed by atoms with van der Waals surface area (Å²) < 4.78 is 18.6. The van der Waals surface area contributed by atoms with Crippen LogP contribution in [0.4, 0.5) is 0 Å². The third-order valence-electron chi connectivity index (χ3n) is 26.1. The van der Waals surface area contributed by atoms with Crippen LogP contribution in [0.1, 0.15) is 96.2 Å². The molecule has 566 valence electrons. The van der Waals surface area contributed by atoms with Crippen LogP contribution in [0.3, 0.4) is 0 Å². The Morgan fingerprint density at radius 3 is 0.983 bits per heavy atom. The Hall–Kier alpha value is -12.4. The van der Waals surface area contributed by atoms with Crippen molar-refractivity contribution in [3.05, 3.63) is 378 Å². The molecule has 0 N–H and O–H groups in total. The first-order valence-corrected chi connectivity index (χ1v) is 41.5. The maximum Gasteiger partial charge on any atom is 0.494 e. The molecule has 18 aromatic carbocycles. The van der Waals surface area contributed by atoms with Crippen LogP contribution in [0, 0.1) is 13.8 Å². The van der Waals surface area contributed by atoms with E-state index >= 15 is 0 Å². The molecule has 117 heavy (non-hydrogen) atoms. The van der Waals surface area contributed by atoms with Gasteiger partial charge in [-0.15, -0.1) is 0 Å². The molecule has 0 saturated carbocycles. The second-order valence-corrected chi connectivity index (χ2v) is 35.3. The summed E-state index contributed by atoms with van der Waals surface area (Å²) in [5.74, 6) is 0. The second kappa shape index (κ2) is 27.6. The van der Waals surface area contributed by atoms with Gasteiger partial charge >= 0.3 is 7.12 Å². The minimum absolute atomic E-state index is 0. The lowest BCUT2D eigenvalue weighted by molar-refractivity contribution is 0.00578. The van der Waals surface area contributed by atoms with Crippen molar-refractivity contribution >= 4 is 137 Å². The largest absolute Gasteiger partial charge is 0.494 e. The molecule has 2 aromatic heterocycles. The number of rotatable bonds is 6. The Morgan fingerprint density at radius 2 is 0.564 bits per heavy atom. The van der Waals surface area contributed by atoms with Gasteiger partial charge in [-0.1, -0.05) is 282 Å². The number of aryl methyl sites for hydroxylation is 2. The lowest BCUT2D eigenvalue weighted by Gasteiger charge is -2.32. The Balaban J connectivity index is 0.000000120. The molecule has 1 aliphatic heterocycles. The Bertz CT molecular complexity index is 7470. The normalized spacial score (nSPS) is 14.6. The van der Waals surface area contributed by atoms with E-state index in [9.17, 15) is 0 Å². The fourth-order valence-corrected chi connectivity index (χ4v) is 20.2. The van der Waals surface area contributed by atoms with Crippen LogP contribution < -0.4 is 5.46 Å². The molecule has 20 aromatic rings. The van der Waals surface area contributed by atoms with E-state index in [-0.39, 0.29) is 36.6 Å². The van der Waals surface area contributed by atoms with Gasteiger partial charge in [-0.25, -0.2) is 0 Å². The minimum Gasteiger partial charge on any atom is -0.399 e. The van der Waals surface area contributed by atoms with E-state index in [1.807, 2.05) is 0 Å². The number of fused-ring (bicyclic) bond motifs is 24. The number of para-hydroxylation sites is 4. The SMILES string of the molecule is C.CC1(C)c2cc(B3OC(C)(C)C(C)(C)O3)ccc2-c2cc3c4ccccc4c4ccccc4c3cc21.Cc1cc(-c2ccc3c(c2)C(C)(C)c2cc4c5ccccc5c5ccccc5c4cc2-3)cc(-c2ccc3c(c2)c2ccccc2n3-c2ccccc2)c1.Cc1cc(Br)cc(-c2ccc3c(c2)c2ccccc2n3-c2ccccc2)c1. The standard InChI is InChI=1S/C52H37N.C33H31BO2.C25H18BrN.CH4/c1-32-25-35(33-22-24-51-47(28-33)43-19-11-12-20-50(43)53(51)37-13-5-4-6-14-37)27-36(26-32)34-21-23-42-46-30-44-40-17-9-7-15-38(40)39-16-8-10-18-41(39)45(44)31-49(46)52(2,3)48(42)29-34;1-31(2)29-17-20(34-35-32(3,4)33(5,6)36-34)15-16-25(29)28-18-26-23-13-9-7-11-21(23)22-12-8-10-14-24(22)27(26)19-30(28)31;1-17-13-19(15-20(26)14-17)18-11-12-25-23(16-18)22-9-5-6-10-24(22)27(25)21-7-3-2-4-8-21;/h4-31H,1-3H3;7-19H,1-6H3;2-16H,1H3;1H4. The zero-order valence-electron chi connectivity index (χ0n) is 67.0. The third-order valence-corrected chi connectivity index (χ3v) is 26.6. The van der Waals surface area contributed by atoms with E-state index in [4.69, 9.17) is 9.31 Å². The van der Waals surface area contributed by atoms with Gasteiger partial charge in [-0.05, 0) is 310 Å². The van der Waals surface area contributed by atoms with Gasteiger partial charge in [0, 0.05) is 48.2 Å². The van der Waals surface area contributed by atoms with Crippen LogP contribution in [0.2, 0.25) is 0 Å². The lowest BCUT2D eigenvalue weighted by atomic mass is 9.74. The van der Waals surface area contributed by atoms with Crippen LogP contribution in [0.5, 0.6) is 0 Å². The summed E-state index contributed by atoms with van der Waals surface area (Å²) in [6.07, 6.45) is 0. The van der Waals surface area contributed by atoms with Gasteiger partial charge in [-0.2, -0.15) is 0 Å². The second-order valence-electron chi connectivity index (χ2n) is 34.4. The summed E-state index contributed by atoms with van der Waals surface area (Å²) in [4.78, 5) is 0. The van der Waals surface area contributed by atoms with Gasteiger partial charge in [-0.3, -0.25) is 0 Å². The topological polar surface area (TPSA) is 28.3 Å². The van der Waals surface area contributed by atoms with E-state index in [2.05, 4.69) is 434 Å². The molecule has 6 heteroatoms. The van der Waals surface area contributed by atoms with Crippen molar-refractivity contribution in [2.24, 2.45) is 0 Å². The summed E-state index contributed by atoms with van der Waals surface area (Å²) in [5, 5.41) is 21.0. The Kier molecular flexibility index (Phi) is 17.4. The van der Waals surface area contributed by atoms with E-state index in [1.165, 1.54) is 209 Å². The van der Waals surface area contributed by atoms with Crippen molar-refractivity contribution in [3.8, 4) is 67.0 Å². The predicted molar refractivity (Wildman–Crippen MR) is 504 cm³/mol. The molecule has 0 atom stereocenters. The monoisotopic (exact) mass is 1570 g/mol. The van der Waals surface area contributed by atoms with Crippen molar-refractivity contribution in [3.63, 3.8) is 0 Å². The van der Waals surface area contributed by atoms with Gasteiger partial charge in [0.2, 0.25) is 0 Å². The van der Waals surface area contributed by atoms with E-state index in [0.29, 0.717) is 0 Å². The van der Waals surface area contributed by atoms with Crippen molar-refractivity contribution in [2.45, 2.75) is 98.7 Å². The maximum atomic E-state index is 6.39. The Labute approximate surface area is 693 Å². The maximum absolute atomic E-state index is 6.39. The van der Waals surface area contributed by atoms with Crippen molar-refractivity contribution in [1.29, 1.82) is 0 Å². The first kappa shape index (κ1) is 73.5. The van der Waals surface area contributed by atoms with Crippen LogP contribution >= 0.6 is 15.9 Å². The van der Waals surface area contributed by atoms with Crippen LogP contribution in [0.15, 0.2) is 344 Å². The molecular weight excluding hydrogens is 1480 g/mol. The number of aromatic nitrogens is 2. The fraction of sp³-hybridized carbons (Fsp3) is 0.135. The number of hydrogen-bond acceptors (Lipinski definition) is 2. The quantitative estimate of drug-likeness (QED) is 0.123. The predicted octanol–water partition coefficient (Wildman–Crippen LogP) is 30.1. The summed E-state index contributed by atoms with van der Waals surface area (Å²) in [5.41, 5.74) is 28.3. The van der Waals surface area contributed by atoms with Gasteiger partial charge in [0.25, 0.3) is 0 Å². The molecule has 0 radical (unpaired) electrons. The lowest BCUT2D eigenvalue weighted by Crippen LogP contribution is -2.41. The summed E-state index contributed by atoms with van der Waals surface area (Å²) in [7, 11) is -0.355. The molecule has 1 fully saturated rings. The van der Waals surface area contributed by atoms with Gasteiger partial charge in [0.15, 0.2) is 0 Å². The van der Waals surface area contributed by atoms with Crippen molar-refractivity contribution in [1.82, 2.24) is 9.13 Å². The smallest absolute Gasteiger partial charge is 0.399 e. The van der Waals surface area contributed by atoms with Gasteiger partial charge in [0.05, 0.1) is 33.3 Å². The average molecular weight is 1570 g/mol. The summed E-state index contributed by atoms with van der Waals surface area (Å²) >= 11 is 3.63. The molecule has 4 nitrogen and oxygen atoms in total. The van der Waals surface area contributed by atoms with E-state index in [1.54, 1.807) is 0 Å². The molecule has 0 unspecified atom stereocenters. The molecule has 1 saturated heterocycles. The van der Waals surface area contributed by atoms with Gasteiger partial charge < -0.3 is 18.4 Å². The van der Waals surface area contributed by atoms with Crippen molar-refractivity contribution < 1.29 is 9.31 Å². The highest BCUT2D eigenvalue weighted by atomic mass is 79.9. The zero-order valence-corrected chi connectivity index (χ0v) is 68.6. The molecule has 3 heterocycles. The summed E-state index contributed by atoms with van der Waals surface area (Å²) in [6.45, 7) is 22.3. The van der Waals surface area contributed by atoms with Crippen molar-refractivity contribution in [2.75, 3.05) is 0 Å². The summed E-state index contributed by atoms with van der Waals surface area (Å²) in [6, 6.07) is 125. The fourth-order valence-electron chi connectivity index (χ4n) is 19.6. The molecule has 3 aliphatic rings. The van der Waals surface area contributed by atoms with Gasteiger partial charge in [0.1, 0.15) is 0 Å². The highest BCUT2D eigenvalue weighted by Crippen LogP contribution is 2.55.